The molecule has 0 bridgehead atoms. The van der Waals surface area contributed by atoms with Crippen molar-refractivity contribution in [3.63, 3.8) is 0 Å². The van der Waals surface area contributed by atoms with E-state index in [1.54, 1.807) is 44.3 Å². The molecule has 1 aliphatic carbocycles. The molecule has 2 aliphatic rings. The summed E-state index contributed by atoms with van der Waals surface area (Å²) in [5, 5.41) is 5.67. The smallest absolute Gasteiger partial charge is 0.288 e. The van der Waals surface area contributed by atoms with E-state index in [-0.39, 0.29) is 23.8 Å². The van der Waals surface area contributed by atoms with Crippen molar-refractivity contribution >= 4 is 38.7 Å². The van der Waals surface area contributed by atoms with Gasteiger partial charge in [0.05, 0.1) is 12.6 Å². The number of rotatable bonds is 6. The van der Waals surface area contributed by atoms with Gasteiger partial charge in [-0.3, -0.25) is 19.4 Å². The summed E-state index contributed by atoms with van der Waals surface area (Å²) in [7, 11) is -4.00. The number of aromatic nitrogens is 2. The van der Waals surface area contributed by atoms with Crippen LogP contribution in [0.15, 0.2) is 52.2 Å². The van der Waals surface area contributed by atoms with Crippen LogP contribution in [-0.2, 0) is 19.6 Å². The van der Waals surface area contributed by atoms with E-state index in [9.17, 15) is 22.8 Å². The third-order valence-electron chi connectivity index (χ3n) is 7.96. The van der Waals surface area contributed by atoms with Gasteiger partial charge in [0, 0.05) is 24.0 Å². The lowest BCUT2D eigenvalue weighted by molar-refractivity contribution is -0.132. The van der Waals surface area contributed by atoms with Crippen LogP contribution in [0.5, 0.6) is 0 Å². The molecule has 2 fully saturated rings. The lowest BCUT2D eigenvalue weighted by atomic mass is 9.80. The number of pyridine rings is 2. The molecule has 0 aromatic carbocycles. The first kappa shape index (κ1) is 27.9. The second-order valence-corrected chi connectivity index (χ2v) is 12.5. The quantitative estimate of drug-likeness (QED) is 0.461. The number of Topliss-reactive ketones (excluding diaryl/α,β-unsaturated/α-hetero) is 1. The molecule has 40 heavy (non-hydrogen) atoms. The Hall–Kier alpha value is -3.64. The van der Waals surface area contributed by atoms with Crippen LogP contribution in [0.2, 0.25) is 0 Å². The van der Waals surface area contributed by atoms with Crippen molar-refractivity contribution in [2.45, 2.75) is 81.4 Å². The number of nitrogens with one attached hydrogen (secondary N) is 2. The summed E-state index contributed by atoms with van der Waals surface area (Å²) >= 11 is 0. The largest absolute Gasteiger partial charge is 0.449 e. The van der Waals surface area contributed by atoms with Crippen LogP contribution in [0, 0.1) is 6.92 Å². The van der Waals surface area contributed by atoms with Crippen molar-refractivity contribution in [2.75, 3.05) is 6.54 Å². The van der Waals surface area contributed by atoms with E-state index >= 15 is 0 Å². The van der Waals surface area contributed by atoms with Gasteiger partial charge in [0.1, 0.15) is 11.1 Å². The predicted molar refractivity (Wildman–Crippen MR) is 146 cm³/mol. The van der Waals surface area contributed by atoms with E-state index in [0.29, 0.717) is 35.9 Å². The summed E-state index contributed by atoms with van der Waals surface area (Å²) in [6.45, 7) is 3.11. The van der Waals surface area contributed by atoms with E-state index in [0.717, 1.165) is 23.6 Å². The van der Waals surface area contributed by atoms with Gasteiger partial charge in [0.15, 0.2) is 22.2 Å². The monoisotopic (exact) mass is 567 g/mol. The van der Waals surface area contributed by atoms with Gasteiger partial charge in [0.2, 0.25) is 5.91 Å². The van der Waals surface area contributed by atoms with Crippen molar-refractivity contribution in [3.8, 4) is 0 Å². The zero-order chi connectivity index (χ0) is 28.5. The van der Waals surface area contributed by atoms with Crippen LogP contribution in [0.3, 0.4) is 0 Å². The lowest BCUT2D eigenvalue weighted by Crippen LogP contribution is -2.62. The molecule has 1 saturated carbocycles. The SMILES string of the molecule is Cc1c(C(=O)NC2(C(=O)NC3CCC(C)N(S(=O)(=O)c4ccccn4)CC3=O)CCCCC2)oc2cccnc12. The molecule has 5 rings (SSSR count). The summed E-state index contributed by atoms with van der Waals surface area (Å²) in [5.41, 5.74) is 0.432. The predicted octanol–water partition coefficient (Wildman–Crippen LogP) is 2.89. The maximum absolute atomic E-state index is 13.8. The van der Waals surface area contributed by atoms with Gasteiger partial charge >= 0.3 is 0 Å². The Morgan fingerprint density at radius 1 is 1.05 bits per heavy atom. The first-order valence-corrected chi connectivity index (χ1v) is 15.0. The molecular weight excluding hydrogens is 534 g/mol. The van der Waals surface area contributed by atoms with Crippen molar-refractivity contribution in [2.24, 2.45) is 0 Å². The molecule has 2 unspecified atom stereocenters. The number of carbonyl (C=O) groups excluding carboxylic acids is 3. The zero-order valence-electron chi connectivity index (χ0n) is 22.6. The molecule has 1 saturated heterocycles. The summed E-state index contributed by atoms with van der Waals surface area (Å²) in [6, 6.07) is 6.69. The summed E-state index contributed by atoms with van der Waals surface area (Å²) in [6.07, 6.45) is 6.89. The average molecular weight is 568 g/mol. The third-order valence-corrected chi connectivity index (χ3v) is 9.84. The number of nitrogens with zero attached hydrogens (tertiary/aromatic N) is 3. The summed E-state index contributed by atoms with van der Waals surface area (Å²) in [5.74, 6) is -1.27. The van der Waals surface area contributed by atoms with Gasteiger partial charge in [0.25, 0.3) is 15.9 Å². The fraction of sp³-hybridized carbons (Fsp3) is 0.464. The number of aryl methyl sites for hydroxylation is 1. The van der Waals surface area contributed by atoms with Crippen LogP contribution in [0.1, 0.15) is 68.0 Å². The Balaban J connectivity index is 1.34. The van der Waals surface area contributed by atoms with E-state index in [2.05, 4.69) is 20.6 Å². The highest BCUT2D eigenvalue weighted by atomic mass is 32.2. The Kier molecular flexibility index (Phi) is 7.74. The maximum atomic E-state index is 13.8. The van der Waals surface area contributed by atoms with E-state index in [1.807, 2.05) is 0 Å². The Labute approximate surface area is 232 Å². The van der Waals surface area contributed by atoms with Gasteiger partial charge in [-0.05, 0) is 63.8 Å². The Morgan fingerprint density at radius 3 is 2.50 bits per heavy atom. The van der Waals surface area contributed by atoms with Crippen LogP contribution in [0.4, 0.5) is 0 Å². The van der Waals surface area contributed by atoms with E-state index in [1.165, 1.54) is 12.3 Å². The Bertz CT molecular complexity index is 1530. The summed E-state index contributed by atoms with van der Waals surface area (Å²) in [4.78, 5) is 48.7. The molecule has 12 heteroatoms. The van der Waals surface area contributed by atoms with Gasteiger partial charge in [-0.1, -0.05) is 25.3 Å². The maximum Gasteiger partial charge on any atom is 0.288 e. The van der Waals surface area contributed by atoms with Crippen LogP contribution < -0.4 is 10.6 Å². The molecule has 3 aromatic heterocycles. The number of ketones is 1. The second-order valence-electron chi connectivity index (χ2n) is 10.6. The van der Waals surface area contributed by atoms with Crippen molar-refractivity contribution < 1.29 is 27.2 Å². The standard InChI is InChI=1S/C28H33N5O6S/c1-18-11-12-20(21(34)17-33(18)40(37,38)23-10-4-7-15-29-23)31-27(36)28(13-5-3-6-14-28)32-26(35)25-19(2)24-22(39-25)9-8-16-30-24/h4,7-10,15-16,18,20H,3,5-6,11-14,17H2,1-2H3,(H,31,36)(H,32,35). The molecule has 3 aromatic rings. The molecule has 11 nitrogen and oxygen atoms in total. The molecular formula is C28H33N5O6S. The second kappa shape index (κ2) is 11.1. The van der Waals surface area contributed by atoms with E-state index in [4.69, 9.17) is 4.42 Å². The highest BCUT2D eigenvalue weighted by molar-refractivity contribution is 7.89. The first-order valence-electron chi connectivity index (χ1n) is 13.6. The van der Waals surface area contributed by atoms with Crippen molar-refractivity contribution in [1.29, 1.82) is 0 Å². The molecule has 2 atom stereocenters. The first-order chi connectivity index (χ1) is 19.1. The molecule has 4 heterocycles. The average Bonchev–Trinajstić information content (AvgIpc) is 3.23. The third kappa shape index (κ3) is 5.25. The van der Waals surface area contributed by atoms with Crippen molar-refractivity contribution in [1.82, 2.24) is 24.9 Å². The van der Waals surface area contributed by atoms with Gasteiger partial charge in [-0.2, -0.15) is 4.31 Å². The van der Waals surface area contributed by atoms with Gasteiger partial charge in [-0.15, -0.1) is 0 Å². The normalized spacial score (nSPS) is 22.0. The molecule has 2 amide bonds. The number of hydrogen-bond donors (Lipinski definition) is 2. The fourth-order valence-electron chi connectivity index (χ4n) is 5.63. The number of fused-ring (bicyclic) bond motifs is 1. The molecule has 0 spiro atoms. The summed E-state index contributed by atoms with van der Waals surface area (Å²) < 4.78 is 33.4. The topological polar surface area (TPSA) is 152 Å². The van der Waals surface area contributed by atoms with E-state index < -0.39 is 45.2 Å². The molecule has 1 aliphatic heterocycles. The number of furan rings is 1. The van der Waals surface area contributed by atoms with Crippen LogP contribution in [0.25, 0.3) is 11.1 Å². The molecule has 212 valence electrons. The van der Waals surface area contributed by atoms with Crippen LogP contribution >= 0.6 is 0 Å². The lowest BCUT2D eigenvalue weighted by Gasteiger charge is -2.37. The minimum Gasteiger partial charge on any atom is -0.449 e. The van der Waals surface area contributed by atoms with Crippen LogP contribution in [-0.4, -0.2) is 64.5 Å². The minimum atomic E-state index is -4.00. The molecule has 0 radical (unpaired) electrons. The molecule has 2 N–H and O–H groups in total. The van der Waals surface area contributed by atoms with Gasteiger partial charge < -0.3 is 15.1 Å². The fourth-order valence-corrected chi connectivity index (χ4v) is 7.19. The van der Waals surface area contributed by atoms with Crippen molar-refractivity contribution in [3.05, 3.63) is 54.0 Å². The Morgan fingerprint density at radius 2 is 1.80 bits per heavy atom. The zero-order valence-corrected chi connectivity index (χ0v) is 23.4. The highest BCUT2D eigenvalue weighted by Gasteiger charge is 2.44. The number of hydrogen-bond acceptors (Lipinski definition) is 8. The highest BCUT2D eigenvalue weighted by Crippen LogP contribution is 2.31. The minimum absolute atomic E-state index is 0.0983. The van der Waals surface area contributed by atoms with Gasteiger partial charge in [-0.25, -0.2) is 13.4 Å². The number of carbonyl (C=O) groups is 3. The number of amides is 2. The number of sulfonamides is 1.